The highest BCUT2D eigenvalue weighted by Gasteiger charge is 2.22. The number of carbonyl (C=O) groups excluding carboxylic acids is 1. The summed E-state index contributed by atoms with van der Waals surface area (Å²) in [6, 6.07) is 7.30. The third-order valence-corrected chi connectivity index (χ3v) is 5.53. The van der Waals surface area contributed by atoms with Gasteiger partial charge in [-0.15, -0.1) is 21.5 Å². The molecule has 0 saturated heterocycles. The third-order valence-electron chi connectivity index (χ3n) is 3.28. The molecule has 26 heavy (non-hydrogen) atoms. The minimum absolute atomic E-state index is 0.0247. The minimum atomic E-state index is -4.07. The monoisotopic (exact) mass is 413 g/mol. The maximum absolute atomic E-state index is 12.3. The average molecular weight is 414 g/mol. The van der Waals surface area contributed by atoms with E-state index in [0.717, 1.165) is 10.9 Å². The first-order valence-corrected chi connectivity index (χ1v) is 9.96. The number of thiophene rings is 1. The molecule has 8 nitrogen and oxygen atoms in total. The predicted molar refractivity (Wildman–Crippen MR) is 94.3 cm³/mol. The van der Waals surface area contributed by atoms with Crippen LogP contribution in [-0.4, -0.2) is 24.6 Å². The molecule has 0 radical (unpaired) electrons. The second-order valence-corrected chi connectivity index (χ2v) is 8.05. The number of halogens is 1. The Morgan fingerprint density at radius 1 is 1.35 bits per heavy atom. The Balaban J connectivity index is 1.78. The van der Waals surface area contributed by atoms with E-state index in [4.69, 9.17) is 25.9 Å². The molecule has 0 saturated carbocycles. The number of hydrogen-bond acceptors (Lipinski definition) is 8. The molecular weight excluding hydrogens is 402 g/mol. The summed E-state index contributed by atoms with van der Waals surface area (Å²) in [5.41, 5.74) is -0.0247. The van der Waals surface area contributed by atoms with Crippen molar-refractivity contribution >= 4 is 38.9 Å². The number of primary sulfonamides is 1. The molecule has 0 unspecified atom stereocenters. The van der Waals surface area contributed by atoms with Crippen molar-refractivity contribution in [3.05, 3.63) is 52.2 Å². The van der Waals surface area contributed by atoms with E-state index in [-0.39, 0.29) is 21.4 Å². The van der Waals surface area contributed by atoms with Gasteiger partial charge in [-0.3, -0.25) is 0 Å². The number of benzene rings is 1. The number of nitrogens with two attached hydrogens (primary N) is 1. The molecule has 0 aliphatic heterocycles. The Labute approximate surface area is 157 Å². The van der Waals surface area contributed by atoms with Crippen LogP contribution >= 0.6 is 22.9 Å². The van der Waals surface area contributed by atoms with Gasteiger partial charge in [0.05, 0.1) is 15.5 Å². The molecule has 0 fully saturated rings. The van der Waals surface area contributed by atoms with Crippen molar-refractivity contribution in [2.24, 2.45) is 5.14 Å². The summed E-state index contributed by atoms with van der Waals surface area (Å²) in [6.45, 7) is 1.56. The molecule has 136 valence electrons. The van der Waals surface area contributed by atoms with Gasteiger partial charge in [-0.05, 0) is 36.6 Å². The van der Waals surface area contributed by atoms with Crippen LogP contribution in [-0.2, 0) is 14.8 Å². The smallest absolute Gasteiger partial charge is 0.338 e. The normalized spacial score (nSPS) is 12.7. The summed E-state index contributed by atoms with van der Waals surface area (Å²) in [5.74, 6) is -0.349. The predicted octanol–water partition coefficient (Wildman–Crippen LogP) is 3.02. The number of carbonyl (C=O) groups is 1. The molecule has 3 aromatic rings. The van der Waals surface area contributed by atoms with E-state index in [2.05, 4.69) is 10.2 Å². The molecule has 11 heteroatoms. The number of nitrogens with zero attached hydrogens (tertiary/aromatic N) is 2. The van der Waals surface area contributed by atoms with Gasteiger partial charge in [-0.25, -0.2) is 18.4 Å². The van der Waals surface area contributed by atoms with Gasteiger partial charge in [0.15, 0.2) is 6.10 Å². The fourth-order valence-electron chi connectivity index (χ4n) is 2.03. The van der Waals surface area contributed by atoms with E-state index in [1.165, 1.54) is 23.5 Å². The van der Waals surface area contributed by atoms with Crippen LogP contribution in [0.15, 0.2) is 45.0 Å². The van der Waals surface area contributed by atoms with Crippen LogP contribution in [0.5, 0.6) is 0 Å². The van der Waals surface area contributed by atoms with Gasteiger partial charge in [0, 0.05) is 0 Å². The van der Waals surface area contributed by atoms with Crippen molar-refractivity contribution < 1.29 is 22.4 Å². The summed E-state index contributed by atoms with van der Waals surface area (Å²) < 4.78 is 33.7. The lowest BCUT2D eigenvalue weighted by atomic mass is 10.2. The molecule has 3 rings (SSSR count). The molecule has 0 aliphatic carbocycles. The molecule has 2 N–H and O–H groups in total. The fourth-order valence-corrected chi connectivity index (χ4v) is 3.74. The van der Waals surface area contributed by atoms with Gasteiger partial charge < -0.3 is 9.15 Å². The topological polar surface area (TPSA) is 125 Å². The fraction of sp³-hybridized carbons (Fsp3) is 0.133. The van der Waals surface area contributed by atoms with Crippen LogP contribution in [0.25, 0.3) is 10.8 Å². The van der Waals surface area contributed by atoms with E-state index >= 15 is 0 Å². The van der Waals surface area contributed by atoms with Crippen LogP contribution in [0.1, 0.15) is 29.3 Å². The standard InChI is InChI=1S/C15H12ClN3O5S2/c1-8(13-18-19-14(24-13)11-3-2-6-25-11)23-15(20)9-4-5-10(16)12(7-9)26(17,21)22/h2-8H,1H3,(H2,17,21,22)/t8-/m0/s1. The van der Waals surface area contributed by atoms with Crippen LogP contribution in [0.2, 0.25) is 5.02 Å². The highest BCUT2D eigenvalue weighted by Crippen LogP contribution is 2.27. The largest absolute Gasteiger partial charge is 0.449 e. The van der Waals surface area contributed by atoms with Gasteiger partial charge in [0.2, 0.25) is 10.0 Å². The molecular formula is C15H12ClN3O5S2. The van der Waals surface area contributed by atoms with Crippen molar-refractivity contribution in [3.63, 3.8) is 0 Å². The van der Waals surface area contributed by atoms with Crippen LogP contribution in [0, 0.1) is 0 Å². The summed E-state index contributed by atoms with van der Waals surface area (Å²) >= 11 is 7.23. The Bertz CT molecular complexity index is 1050. The Hall–Kier alpha value is -2.27. The second kappa shape index (κ2) is 7.16. The zero-order valence-corrected chi connectivity index (χ0v) is 15.6. The lowest BCUT2D eigenvalue weighted by Crippen LogP contribution is -2.15. The van der Waals surface area contributed by atoms with Gasteiger partial charge in [0.1, 0.15) is 4.90 Å². The highest BCUT2D eigenvalue weighted by molar-refractivity contribution is 7.89. The molecule has 0 amide bonds. The SMILES string of the molecule is C[C@H](OC(=O)c1ccc(Cl)c(S(N)(=O)=O)c1)c1nnc(-c2cccs2)o1. The number of sulfonamides is 1. The lowest BCUT2D eigenvalue weighted by molar-refractivity contribution is 0.0279. The summed E-state index contributed by atoms with van der Waals surface area (Å²) in [5, 5.41) is 14.6. The first kappa shape index (κ1) is 18.5. The first-order chi connectivity index (χ1) is 12.3. The molecule has 2 aromatic heterocycles. The highest BCUT2D eigenvalue weighted by atomic mass is 35.5. The van der Waals surface area contributed by atoms with E-state index in [9.17, 15) is 13.2 Å². The molecule has 0 spiro atoms. The van der Waals surface area contributed by atoms with Crippen molar-refractivity contribution in [1.29, 1.82) is 0 Å². The van der Waals surface area contributed by atoms with Crippen LogP contribution in [0.4, 0.5) is 0 Å². The number of hydrogen-bond donors (Lipinski definition) is 1. The van der Waals surface area contributed by atoms with Crippen LogP contribution in [0.3, 0.4) is 0 Å². The van der Waals surface area contributed by atoms with Gasteiger partial charge in [-0.2, -0.15) is 0 Å². The Morgan fingerprint density at radius 3 is 2.77 bits per heavy atom. The summed E-state index contributed by atoms with van der Waals surface area (Å²) in [7, 11) is -4.07. The van der Waals surface area contributed by atoms with Crippen LogP contribution < -0.4 is 5.14 Å². The zero-order chi connectivity index (χ0) is 18.9. The Kier molecular flexibility index (Phi) is 5.10. The number of aromatic nitrogens is 2. The average Bonchev–Trinajstić information content (AvgIpc) is 3.25. The first-order valence-electron chi connectivity index (χ1n) is 7.16. The molecule has 2 heterocycles. The Morgan fingerprint density at radius 2 is 2.12 bits per heavy atom. The minimum Gasteiger partial charge on any atom is -0.449 e. The van der Waals surface area contributed by atoms with Gasteiger partial charge >= 0.3 is 5.97 Å². The number of esters is 1. The van der Waals surface area contributed by atoms with Crippen molar-refractivity contribution in [3.8, 4) is 10.8 Å². The van der Waals surface area contributed by atoms with E-state index in [1.54, 1.807) is 6.92 Å². The van der Waals surface area contributed by atoms with Crippen molar-refractivity contribution in [2.45, 2.75) is 17.9 Å². The second-order valence-electron chi connectivity index (χ2n) is 5.16. The van der Waals surface area contributed by atoms with Gasteiger partial charge in [0.25, 0.3) is 11.8 Å². The zero-order valence-electron chi connectivity index (χ0n) is 13.2. The van der Waals surface area contributed by atoms with E-state index < -0.39 is 22.1 Å². The maximum atomic E-state index is 12.3. The molecule has 1 aromatic carbocycles. The summed E-state index contributed by atoms with van der Waals surface area (Å²) in [4.78, 5) is 12.7. The van der Waals surface area contributed by atoms with E-state index in [1.807, 2.05) is 17.5 Å². The molecule has 0 bridgehead atoms. The van der Waals surface area contributed by atoms with Crippen molar-refractivity contribution in [2.75, 3.05) is 0 Å². The van der Waals surface area contributed by atoms with E-state index in [0.29, 0.717) is 5.89 Å². The molecule has 1 atom stereocenters. The third kappa shape index (κ3) is 3.93. The number of rotatable bonds is 5. The quantitative estimate of drug-likeness (QED) is 0.637. The van der Waals surface area contributed by atoms with Crippen molar-refractivity contribution in [1.82, 2.24) is 10.2 Å². The lowest BCUT2D eigenvalue weighted by Gasteiger charge is -2.10. The number of ether oxygens (including phenoxy) is 1. The summed E-state index contributed by atoms with van der Waals surface area (Å²) in [6.07, 6.45) is -0.836. The maximum Gasteiger partial charge on any atom is 0.338 e. The van der Waals surface area contributed by atoms with Gasteiger partial charge in [-0.1, -0.05) is 17.7 Å². The molecule has 0 aliphatic rings.